The van der Waals surface area contributed by atoms with E-state index >= 15 is 0 Å². The van der Waals surface area contributed by atoms with E-state index in [4.69, 9.17) is 0 Å². The van der Waals surface area contributed by atoms with E-state index in [0.29, 0.717) is 6.54 Å². The molecule has 0 saturated heterocycles. The molecule has 0 saturated carbocycles. The first kappa shape index (κ1) is 14.6. The van der Waals surface area contributed by atoms with Gasteiger partial charge in [0.1, 0.15) is 0 Å². The number of amides is 2. The largest absolute Gasteiger partial charge is 0.354 e. The van der Waals surface area contributed by atoms with Crippen molar-refractivity contribution in [3.05, 3.63) is 35.9 Å². The summed E-state index contributed by atoms with van der Waals surface area (Å²) in [6.45, 7) is 2.22. The molecule has 0 radical (unpaired) electrons. The van der Waals surface area contributed by atoms with E-state index in [1.54, 1.807) is 6.92 Å². The van der Waals surface area contributed by atoms with Crippen molar-refractivity contribution < 1.29 is 9.59 Å². The van der Waals surface area contributed by atoms with Gasteiger partial charge in [-0.1, -0.05) is 30.3 Å². The topological polar surface area (TPSA) is 58.2 Å². The highest BCUT2D eigenvalue weighted by Crippen LogP contribution is 1.97. The predicted molar refractivity (Wildman–Crippen MR) is 74.6 cm³/mol. The van der Waals surface area contributed by atoms with E-state index in [9.17, 15) is 9.59 Å². The van der Waals surface area contributed by atoms with Crippen LogP contribution < -0.4 is 10.6 Å². The number of carbonyl (C=O) groups is 2. The fourth-order valence-corrected chi connectivity index (χ4v) is 1.46. The zero-order valence-corrected chi connectivity index (χ0v) is 11.2. The Morgan fingerprint density at radius 2 is 1.89 bits per heavy atom. The van der Waals surface area contributed by atoms with Gasteiger partial charge in [-0.15, -0.1) is 0 Å². The Morgan fingerprint density at radius 3 is 2.50 bits per heavy atom. The molecule has 0 aromatic heterocycles. The van der Waals surface area contributed by atoms with Crippen LogP contribution in [0, 0.1) is 0 Å². The summed E-state index contributed by atoms with van der Waals surface area (Å²) in [5, 5.41) is 4.85. The number of hydrogen-bond acceptors (Lipinski definition) is 3. The number of rotatable bonds is 6. The van der Waals surface area contributed by atoms with Gasteiger partial charge in [0.25, 0.3) is 0 Å². The predicted octanol–water partition coefficient (Wildman–Crippen LogP) is 0.780. The summed E-state index contributed by atoms with van der Waals surface area (Å²) in [4.78, 5) is 22.6. The maximum absolute atomic E-state index is 11.4. The van der Waals surface area contributed by atoms with Crippen molar-refractivity contribution in [1.29, 1.82) is 0 Å². The van der Waals surface area contributed by atoms with E-state index in [2.05, 4.69) is 23.3 Å². The van der Waals surface area contributed by atoms with Crippen LogP contribution >= 0.6 is 12.6 Å². The Balaban J connectivity index is 2.16. The number of carbonyl (C=O) groups excluding carboxylic acids is 2. The van der Waals surface area contributed by atoms with Crippen LogP contribution in [0.5, 0.6) is 0 Å². The minimum Gasteiger partial charge on any atom is -0.354 e. The Morgan fingerprint density at radius 1 is 1.22 bits per heavy atom. The average Bonchev–Trinajstić information content (AvgIpc) is 2.37. The lowest BCUT2D eigenvalue weighted by Crippen LogP contribution is -2.39. The van der Waals surface area contributed by atoms with Crippen molar-refractivity contribution in [2.75, 3.05) is 13.1 Å². The van der Waals surface area contributed by atoms with Gasteiger partial charge in [-0.25, -0.2) is 0 Å². The van der Waals surface area contributed by atoms with E-state index < -0.39 is 5.25 Å². The van der Waals surface area contributed by atoms with Gasteiger partial charge in [-0.2, -0.15) is 12.6 Å². The molecule has 1 rings (SSSR count). The third kappa shape index (κ3) is 5.72. The molecule has 0 spiro atoms. The van der Waals surface area contributed by atoms with Crippen LogP contribution in [0.2, 0.25) is 0 Å². The van der Waals surface area contributed by atoms with Crippen molar-refractivity contribution in [1.82, 2.24) is 10.6 Å². The number of nitrogens with one attached hydrogen (secondary N) is 2. The van der Waals surface area contributed by atoms with Gasteiger partial charge >= 0.3 is 0 Å². The lowest BCUT2D eigenvalue weighted by atomic mass is 10.1. The fourth-order valence-electron chi connectivity index (χ4n) is 1.37. The molecule has 1 aromatic rings. The summed E-state index contributed by atoms with van der Waals surface area (Å²) in [6, 6.07) is 9.90. The molecule has 1 unspecified atom stereocenters. The summed E-state index contributed by atoms with van der Waals surface area (Å²) < 4.78 is 0. The molecule has 0 fully saturated rings. The highest BCUT2D eigenvalue weighted by molar-refractivity contribution is 7.81. The number of benzene rings is 1. The van der Waals surface area contributed by atoms with Gasteiger partial charge in [0.2, 0.25) is 11.8 Å². The molecule has 0 aliphatic rings. The second-order valence-corrected chi connectivity index (χ2v) is 4.75. The third-order valence-electron chi connectivity index (χ3n) is 2.38. The maximum Gasteiger partial charge on any atom is 0.239 e. The first-order valence-electron chi connectivity index (χ1n) is 5.86. The second kappa shape index (κ2) is 7.76. The number of hydrogen-bond donors (Lipinski definition) is 3. The minimum absolute atomic E-state index is 0.00147. The van der Waals surface area contributed by atoms with Crippen LogP contribution in [0.4, 0.5) is 0 Å². The summed E-state index contributed by atoms with van der Waals surface area (Å²) >= 11 is 3.97. The van der Waals surface area contributed by atoms with Crippen LogP contribution in [-0.4, -0.2) is 30.2 Å². The summed E-state index contributed by atoms with van der Waals surface area (Å²) in [5.41, 5.74) is 1.17. The van der Waals surface area contributed by atoms with Crippen molar-refractivity contribution in [2.45, 2.75) is 18.6 Å². The van der Waals surface area contributed by atoms with Gasteiger partial charge in [-0.3, -0.25) is 9.59 Å². The molecule has 0 heterocycles. The van der Waals surface area contributed by atoms with Crippen molar-refractivity contribution in [3.63, 3.8) is 0 Å². The van der Waals surface area contributed by atoms with E-state index in [1.165, 1.54) is 5.56 Å². The van der Waals surface area contributed by atoms with Crippen LogP contribution in [0.25, 0.3) is 0 Å². The lowest BCUT2D eigenvalue weighted by molar-refractivity contribution is -0.125. The third-order valence-corrected chi connectivity index (χ3v) is 2.62. The highest BCUT2D eigenvalue weighted by Gasteiger charge is 2.08. The molecule has 2 amide bonds. The van der Waals surface area contributed by atoms with Crippen LogP contribution in [-0.2, 0) is 16.0 Å². The molecule has 1 aromatic carbocycles. The molecule has 0 bridgehead atoms. The van der Waals surface area contributed by atoms with Crippen molar-refractivity contribution in [3.8, 4) is 0 Å². The van der Waals surface area contributed by atoms with Gasteiger partial charge in [0.05, 0.1) is 11.8 Å². The normalized spacial score (nSPS) is 11.7. The molecular formula is C13H18N2O2S. The van der Waals surface area contributed by atoms with Crippen molar-refractivity contribution >= 4 is 24.4 Å². The van der Waals surface area contributed by atoms with Gasteiger partial charge < -0.3 is 10.6 Å². The Kier molecular flexibility index (Phi) is 6.28. The molecule has 98 valence electrons. The van der Waals surface area contributed by atoms with Crippen LogP contribution in [0.1, 0.15) is 12.5 Å². The summed E-state index contributed by atoms with van der Waals surface area (Å²) in [5.74, 6) is -0.426. The summed E-state index contributed by atoms with van der Waals surface area (Å²) in [7, 11) is 0. The Hall–Kier alpha value is -1.49. The molecule has 2 N–H and O–H groups in total. The van der Waals surface area contributed by atoms with Crippen LogP contribution in [0.15, 0.2) is 30.3 Å². The van der Waals surface area contributed by atoms with Crippen LogP contribution in [0.3, 0.4) is 0 Å². The van der Waals surface area contributed by atoms with E-state index in [-0.39, 0.29) is 18.4 Å². The summed E-state index contributed by atoms with van der Waals surface area (Å²) in [6.07, 6.45) is 0.781. The molecule has 0 aliphatic heterocycles. The Labute approximate surface area is 113 Å². The standard InChI is InChI=1S/C13H18N2O2S/c1-10(18)13(17)15-9-12(16)14-8-7-11-5-3-2-4-6-11/h2-6,10,18H,7-9H2,1H3,(H,14,16)(H,15,17). The molecule has 4 nitrogen and oxygen atoms in total. The monoisotopic (exact) mass is 266 g/mol. The SMILES string of the molecule is CC(S)C(=O)NCC(=O)NCCc1ccccc1. The Bertz CT molecular complexity index is 393. The lowest BCUT2D eigenvalue weighted by Gasteiger charge is -2.08. The van der Waals surface area contributed by atoms with E-state index in [0.717, 1.165) is 6.42 Å². The fraction of sp³-hybridized carbons (Fsp3) is 0.385. The van der Waals surface area contributed by atoms with E-state index in [1.807, 2.05) is 30.3 Å². The minimum atomic E-state index is -0.401. The van der Waals surface area contributed by atoms with Gasteiger partial charge in [0.15, 0.2) is 0 Å². The number of thiol groups is 1. The quantitative estimate of drug-likeness (QED) is 0.666. The zero-order chi connectivity index (χ0) is 13.4. The first-order valence-corrected chi connectivity index (χ1v) is 6.37. The first-order chi connectivity index (χ1) is 8.59. The second-order valence-electron chi connectivity index (χ2n) is 3.98. The van der Waals surface area contributed by atoms with Gasteiger partial charge in [-0.05, 0) is 18.9 Å². The molecule has 18 heavy (non-hydrogen) atoms. The van der Waals surface area contributed by atoms with Gasteiger partial charge in [0, 0.05) is 6.54 Å². The van der Waals surface area contributed by atoms with Crippen molar-refractivity contribution in [2.24, 2.45) is 0 Å². The molecule has 1 atom stereocenters. The molecule has 5 heteroatoms. The molecular weight excluding hydrogens is 248 g/mol. The average molecular weight is 266 g/mol. The smallest absolute Gasteiger partial charge is 0.239 e. The molecule has 0 aliphatic carbocycles. The zero-order valence-electron chi connectivity index (χ0n) is 10.3. The maximum atomic E-state index is 11.4. The highest BCUT2D eigenvalue weighted by atomic mass is 32.1.